The molecular weight excluding hydrogens is 371 g/mol. The maximum absolute atomic E-state index is 12.6. The number of aromatic amines is 1. The standard InChI is InChI=1S/C19H26N4O.2ClH/c1-12-4-3-5-16-19(12)22-17(21-16)8-9-18(24)23(2)15-10-13-6-7-14(11-15)20-13;;/h3-5,13-15,20H,6-11H2,1-2H3,(H,21,22);2*1H. The van der Waals surface area contributed by atoms with Gasteiger partial charge in [-0.25, -0.2) is 4.98 Å². The molecule has 1 aromatic carbocycles. The van der Waals surface area contributed by atoms with Gasteiger partial charge in [-0.3, -0.25) is 4.79 Å². The molecule has 2 N–H and O–H groups in total. The van der Waals surface area contributed by atoms with Crippen molar-refractivity contribution in [2.45, 2.75) is 63.6 Å². The lowest BCUT2D eigenvalue weighted by Crippen LogP contribution is -2.48. The van der Waals surface area contributed by atoms with Crippen LogP contribution in [0.15, 0.2) is 18.2 Å². The highest BCUT2D eigenvalue weighted by molar-refractivity contribution is 5.85. The number of imidazole rings is 1. The molecule has 2 fully saturated rings. The first-order valence-corrected chi connectivity index (χ1v) is 9.06. The minimum absolute atomic E-state index is 0. The Kier molecular flexibility index (Phi) is 6.94. The van der Waals surface area contributed by atoms with E-state index in [0.717, 1.165) is 29.7 Å². The predicted molar refractivity (Wildman–Crippen MR) is 109 cm³/mol. The first kappa shape index (κ1) is 21.0. The van der Waals surface area contributed by atoms with Gasteiger partial charge in [-0.15, -0.1) is 24.8 Å². The summed E-state index contributed by atoms with van der Waals surface area (Å²) in [4.78, 5) is 22.6. The van der Waals surface area contributed by atoms with Crippen molar-refractivity contribution in [2.24, 2.45) is 0 Å². The molecule has 7 heteroatoms. The van der Waals surface area contributed by atoms with E-state index >= 15 is 0 Å². The van der Waals surface area contributed by atoms with Gasteiger partial charge in [-0.05, 0) is 44.2 Å². The number of piperidine rings is 1. The number of aryl methyl sites for hydroxylation is 2. The van der Waals surface area contributed by atoms with E-state index in [9.17, 15) is 4.79 Å². The van der Waals surface area contributed by atoms with E-state index < -0.39 is 0 Å². The van der Waals surface area contributed by atoms with Gasteiger partial charge in [0.25, 0.3) is 0 Å². The minimum Gasteiger partial charge on any atom is -0.343 e. The maximum atomic E-state index is 12.6. The molecule has 1 amide bonds. The molecule has 144 valence electrons. The third-order valence-electron chi connectivity index (χ3n) is 5.73. The van der Waals surface area contributed by atoms with Crippen LogP contribution in [0.25, 0.3) is 11.0 Å². The molecule has 0 aliphatic carbocycles. The second kappa shape index (κ2) is 8.59. The number of nitrogens with one attached hydrogen (secondary N) is 2. The highest BCUT2D eigenvalue weighted by atomic mass is 35.5. The number of aromatic nitrogens is 2. The number of amides is 1. The van der Waals surface area contributed by atoms with Crippen molar-refractivity contribution in [3.63, 3.8) is 0 Å². The fourth-order valence-corrected chi connectivity index (χ4v) is 4.29. The lowest BCUT2D eigenvalue weighted by Gasteiger charge is -2.35. The number of H-pyrrole nitrogens is 1. The average Bonchev–Trinajstić information content (AvgIpc) is 3.15. The Bertz CT molecular complexity index is 751. The van der Waals surface area contributed by atoms with E-state index in [2.05, 4.69) is 28.3 Å². The quantitative estimate of drug-likeness (QED) is 0.829. The maximum Gasteiger partial charge on any atom is 0.223 e. The van der Waals surface area contributed by atoms with Crippen LogP contribution in [0.1, 0.15) is 43.5 Å². The van der Waals surface area contributed by atoms with Crippen molar-refractivity contribution in [3.8, 4) is 0 Å². The summed E-state index contributed by atoms with van der Waals surface area (Å²) in [5.74, 6) is 1.14. The van der Waals surface area contributed by atoms with E-state index in [1.165, 1.54) is 18.4 Å². The van der Waals surface area contributed by atoms with E-state index in [0.29, 0.717) is 31.0 Å². The molecule has 2 aromatic rings. The van der Waals surface area contributed by atoms with Gasteiger partial charge in [0, 0.05) is 38.0 Å². The highest BCUT2D eigenvalue weighted by Gasteiger charge is 2.36. The van der Waals surface area contributed by atoms with Crippen molar-refractivity contribution in [3.05, 3.63) is 29.6 Å². The first-order chi connectivity index (χ1) is 11.6. The normalized spacial score (nSPS) is 24.0. The molecule has 1 aromatic heterocycles. The second-order valence-corrected chi connectivity index (χ2v) is 7.42. The summed E-state index contributed by atoms with van der Waals surface area (Å²) in [6.07, 6.45) is 5.93. The molecule has 0 radical (unpaired) electrons. The number of benzene rings is 1. The summed E-state index contributed by atoms with van der Waals surface area (Å²) in [5.41, 5.74) is 3.24. The van der Waals surface area contributed by atoms with Gasteiger partial charge in [0.1, 0.15) is 5.82 Å². The first-order valence-electron chi connectivity index (χ1n) is 9.06. The summed E-state index contributed by atoms with van der Waals surface area (Å²) in [5, 5.41) is 3.64. The van der Waals surface area contributed by atoms with Crippen molar-refractivity contribution < 1.29 is 4.79 Å². The third kappa shape index (κ3) is 4.16. The molecular formula is C19H28Cl2N4O. The van der Waals surface area contributed by atoms with Gasteiger partial charge in [0.2, 0.25) is 5.91 Å². The van der Waals surface area contributed by atoms with Crippen LogP contribution in [-0.2, 0) is 11.2 Å². The van der Waals surface area contributed by atoms with Gasteiger partial charge >= 0.3 is 0 Å². The van der Waals surface area contributed by atoms with E-state index in [1.54, 1.807) is 0 Å². The molecule has 26 heavy (non-hydrogen) atoms. The van der Waals surface area contributed by atoms with Gasteiger partial charge in [0.05, 0.1) is 11.0 Å². The van der Waals surface area contributed by atoms with Crippen molar-refractivity contribution in [1.29, 1.82) is 0 Å². The predicted octanol–water partition coefficient (Wildman–Crippen LogP) is 3.39. The Morgan fingerprint density at radius 3 is 2.58 bits per heavy atom. The van der Waals surface area contributed by atoms with Crippen LogP contribution in [0.2, 0.25) is 0 Å². The van der Waals surface area contributed by atoms with Crippen LogP contribution < -0.4 is 5.32 Å². The van der Waals surface area contributed by atoms with E-state index in [4.69, 9.17) is 0 Å². The van der Waals surface area contributed by atoms with Gasteiger partial charge in [0.15, 0.2) is 0 Å². The molecule has 2 saturated heterocycles. The van der Waals surface area contributed by atoms with Crippen LogP contribution in [-0.4, -0.2) is 45.9 Å². The molecule has 0 saturated carbocycles. The van der Waals surface area contributed by atoms with Crippen LogP contribution in [0.3, 0.4) is 0 Å². The van der Waals surface area contributed by atoms with Crippen molar-refractivity contribution in [1.82, 2.24) is 20.2 Å². The number of halogens is 2. The van der Waals surface area contributed by atoms with Crippen LogP contribution >= 0.6 is 24.8 Å². The number of fused-ring (bicyclic) bond motifs is 3. The number of rotatable bonds is 4. The average molecular weight is 399 g/mol. The molecule has 2 atom stereocenters. The van der Waals surface area contributed by atoms with Crippen LogP contribution in [0.4, 0.5) is 0 Å². The molecule has 2 unspecified atom stereocenters. The number of hydrogen-bond donors (Lipinski definition) is 2. The zero-order valence-electron chi connectivity index (χ0n) is 15.3. The molecule has 2 aliphatic rings. The lowest BCUT2D eigenvalue weighted by atomic mass is 9.98. The second-order valence-electron chi connectivity index (χ2n) is 7.42. The number of para-hydroxylation sites is 1. The third-order valence-corrected chi connectivity index (χ3v) is 5.73. The molecule has 5 nitrogen and oxygen atoms in total. The Morgan fingerprint density at radius 2 is 1.92 bits per heavy atom. The molecule has 3 heterocycles. The zero-order valence-corrected chi connectivity index (χ0v) is 17.0. The Hall–Kier alpha value is -1.30. The van der Waals surface area contributed by atoms with Gasteiger partial charge < -0.3 is 15.2 Å². The summed E-state index contributed by atoms with van der Waals surface area (Å²) in [6, 6.07) is 7.76. The number of hydrogen-bond acceptors (Lipinski definition) is 3. The summed E-state index contributed by atoms with van der Waals surface area (Å²) >= 11 is 0. The number of carbonyl (C=O) groups is 1. The van der Waals surface area contributed by atoms with Crippen molar-refractivity contribution in [2.75, 3.05) is 7.05 Å². The monoisotopic (exact) mass is 398 g/mol. The van der Waals surface area contributed by atoms with Crippen LogP contribution in [0.5, 0.6) is 0 Å². The molecule has 2 bridgehead atoms. The summed E-state index contributed by atoms with van der Waals surface area (Å²) in [7, 11) is 1.97. The number of nitrogens with zero attached hydrogens (tertiary/aromatic N) is 2. The lowest BCUT2D eigenvalue weighted by molar-refractivity contribution is -0.132. The Morgan fingerprint density at radius 1 is 1.23 bits per heavy atom. The van der Waals surface area contributed by atoms with Crippen LogP contribution in [0, 0.1) is 6.92 Å². The van der Waals surface area contributed by atoms with Crippen molar-refractivity contribution >= 4 is 41.8 Å². The number of carbonyl (C=O) groups excluding carboxylic acids is 1. The summed E-state index contributed by atoms with van der Waals surface area (Å²) < 4.78 is 0. The topological polar surface area (TPSA) is 61.0 Å². The summed E-state index contributed by atoms with van der Waals surface area (Å²) in [6.45, 7) is 2.07. The minimum atomic E-state index is 0. The fraction of sp³-hybridized carbons (Fsp3) is 0.579. The zero-order chi connectivity index (χ0) is 16.7. The van der Waals surface area contributed by atoms with E-state index in [1.807, 2.05) is 24.1 Å². The van der Waals surface area contributed by atoms with Gasteiger partial charge in [-0.1, -0.05) is 12.1 Å². The highest BCUT2D eigenvalue weighted by Crippen LogP contribution is 2.29. The smallest absolute Gasteiger partial charge is 0.223 e. The van der Waals surface area contributed by atoms with Gasteiger partial charge in [-0.2, -0.15) is 0 Å². The molecule has 0 spiro atoms. The van der Waals surface area contributed by atoms with E-state index in [-0.39, 0.29) is 30.7 Å². The Labute approximate surface area is 167 Å². The molecule has 2 aliphatic heterocycles. The largest absolute Gasteiger partial charge is 0.343 e. The SMILES string of the molecule is Cc1cccc2[nH]c(CCC(=O)N(C)C3CC4CCC(C3)N4)nc12.Cl.Cl. The molecule has 4 rings (SSSR count). The Balaban J connectivity index is 0.00000121. The fourth-order valence-electron chi connectivity index (χ4n) is 4.29.